The lowest BCUT2D eigenvalue weighted by Gasteiger charge is -2.28. The monoisotopic (exact) mass is 446 g/mol. The van der Waals surface area contributed by atoms with Gasteiger partial charge >= 0.3 is 0 Å². The van der Waals surface area contributed by atoms with Gasteiger partial charge in [0.05, 0.1) is 14.2 Å². The second-order valence-corrected chi connectivity index (χ2v) is 7.31. The maximum atomic E-state index is 13.3. The molecule has 0 aliphatic rings. The molecule has 0 radical (unpaired) electrons. The highest BCUT2D eigenvalue weighted by Crippen LogP contribution is 2.27. The molecular formula is C24H31FN2O5. The first-order valence-electron chi connectivity index (χ1n) is 10.6. The molecule has 2 aromatic rings. The number of ether oxygens (including phenoxy) is 3. The van der Waals surface area contributed by atoms with Gasteiger partial charge in [-0.25, -0.2) is 4.39 Å². The van der Waals surface area contributed by atoms with Crippen LogP contribution < -0.4 is 19.5 Å². The summed E-state index contributed by atoms with van der Waals surface area (Å²) in [5.41, 5.74) is 0.705. The Morgan fingerprint density at radius 2 is 1.62 bits per heavy atom. The van der Waals surface area contributed by atoms with Crippen molar-refractivity contribution in [3.05, 3.63) is 53.8 Å². The summed E-state index contributed by atoms with van der Waals surface area (Å²) in [6.45, 7) is 4.09. The van der Waals surface area contributed by atoms with Crippen LogP contribution in [0.2, 0.25) is 0 Å². The van der Waals surface area contributed by atoms with E-state index in [1.54, 1.807) is 37.3 Å². The van der Waals surface area contributed by atoms with Crippen molar-refractivity contribution in [2.75, 3.05) is 27.4 Å². The molecule has 0 bridgehead atoms. The van der Waals surface area contributed by atoms with Gasteiger partial charge in [-0.3, -0.25) is 9.59 Å². The van der Waals surface area contributed by atoms with E-state index in [0.717, 1.165) is 12.8 Å². The fourth-order valence-electron chi connectivity index (χ4n) is 3.00. The average molecular weight is 447 g/mol. The van der Waals surface area contributed by atoms with E-state index >= 15 is 0 Å². The number of amides is 2. The first-order valence-corrected chi connectivity index (χ1v) is 10.6. The van der Waals surface area contributed by atoms with Crippen molar-refractivity contribution in [2.24, 2.45) is 0 Å². The molecule has 8 heteroatoms. The van der Waals surface area contributed by atoms with Crippen molar-refractivity contribution in [3.63, 3.8) is 0 Å². The molecule has 2 rings (SSSR count). The lowest BCUT2D eigenvalue weighted by atomic mass is 10.1. The van der Waals surface area contributed by atoms with Crippen LogP contribution in [-0.2, 0) is 16.1 Å². The second-order valence-electron chi connectivity index (χ2n) is 7.31. The Morgan fingerprint density at radius 3 is 2.19 bits per heavy atom. The number of halogens is 1. The predicted octanol–water partition coefficient (Wildman–Crippen LogP) is 3.56. The lowest BCUT2D eigenvalue weighted by Crippen LogP contribution is -2.49. The minimum Gasteiger partial charge on any atom is -0.496 e. The van der Waals surface area contributed by atoms with Gasteiger partial charge < -0.3 is 24.4 Å². The number of benzene rings is 2. The van der Waals surface area contributed by atoms with E-state index in [9.17, 15) is 14.0 Å². The number of carbonyl (C=O) groups is 2. The van der Waals surface area contributed by atoms with Gasteiger partial charge in [0.1, 0.15) is 29.1 Å². The SMILES string of the molecule is CCCCNC(=O)[C@@H](C)N(Cc1ccc(F)cc1)C(=O)COc1cc(OC)cc(OC)c1. The van der Waals surface area contributed by atoms with Crippen molar-refractivity contribution >= 4 is 11.8 Å². The first-order chi connectivity index (χ1) is 15.4. The molecule has 0 unspecified atom stereocenters. The summed E-state index contributed by atoms with van der Waals surface area (Å²) in [4.78, 5) is 27.1. The lowest BCUT2D eigenvalue weighted by molar-refractivity contribution is -0.142. The molecule has 2 aromatic carbocycles. The molecular weight excluding hydrogens is 415 g/mol. The molecule has 7 nitrogen and oxygen atoms in total. The summed E-state index contributed by atoms with van der Waals surface area (Å²) in [5, 5.41) is 2.85. The Labute approximate surface area is 188 Å². The maximum Gasteiger partial charge on any atom is 0.261 e. The Hall–Kier alpha value is -3.29. The van der Waals surface area contributed by atoms with Gasteiger partial charge in [0.2, 0.25) is 5.91 Å². The van der Waals surface area contributed by atoms with E-state index in [1.807, 2.05) is 6.92 Å². The molecule has 1 atom stereocenters. The highest BCUT2D eigenvalue weighted by atomic mass is 19.1. The summed E-state index contributed by atoms with van der Waals surface area (Å²) in [6.07, 6.45) is 1.80. The topological polar surface area (TPSA) is 77.1 Å². The Morgan fingerprint density at radius 1 is 1.03 bits per heavy atom. The number of nitrogens with zero attached hydrogens (tertiary/aromatic N) is 1. The Balaban J connectivity index is 2.15. The van der Waals surface area contributed by atoms with Gasteiger partial charge in [0.25, 0.3) is 5.91 Å². The van der Waals surface area contributed by atoms with Crippen LogP contribution in [0.25, 0.3) is 0 Å². The van der Waals surface area contributed by atoms with E-state index in [0.29, 0.717) is 29.4 Å². The van der Waals surface area contributed by atoms with Crippen LogP contribution in [0, 0.1) is 5.82 Å². The summed E-state index contributed by atoms with van der Waals surface area (Å²) >= 11 is 0. The molecule has 32 heavy (non-hydrogen) atoms. The van der Waals surface area contributed by atoms with Crippen molar-refractivity contribution in [1.29, 1.82) is 0 Å². The molecule has 0 heterocycles. The van der Waals surface area contributed by atoms with E-state index in [4.69, 9.17) is 14.2 Å². The third-order valence-corrected chi connectivity index (χ3v) is 4.95. The number of hydrogen-bond acceptors (Lipinski definition) is 5. The predicted molar refractivity (Wildman–Crippen MR) is 119 cm³/mol. The van der Waals surface area contributed by atoms with Crippen LogP contribution in [-0.4, -0.2) is 50.1 Å². The van der Waals surface area contributed by atoms with E-state index < -0.39 is 6.04 Å². The Kier molecular flexibility index (Phi) is 9.78. The normalized spacial score (nSPS) is 11.4. The quantitative estimate of drug-likeness (QED) is 0.505. The van der Waals surface area contributed by atoms with E-state index in [1.165, 1.54) is 31.3 Å². The zero-order chi connectivity index (χ0) is 23.5. The van der Waals surface area contributed by atoms with E-state index in [-0.39, 0.29) is 30.8 Å². The van der Waals surface area contributed by atoms with Gasteiger partial charge in [-0.1, -0.05) is 25.5 Å². The number of hydrogen-bond donors (Lipinski definition) is 1. The highest BCUT2D eigenvalue weighted by Gasteiger charge is 2.26. The van der Waals surface area contributed by atoms with Crippen LogP contribution in [0.5, 0.6) is 17.2 Å². The van der Waals surface area contributed by atoms with Crippen LogP contribution >= 0.6 is 0 Å². The number of methoxy groups -OCH3 is 2. The van der Waals surface area contributed by atoms with Gasteiger partial charge in [-0.15, -0.1) is 0 Å². The first kappa shape index (κ1) is 25.0. The molecule has 174 valence electrons. The van der Waals surface area contributed by atoms with Crippen LogP contribution in [0.4, 0.5) is 4.39 Å². The minimum atomic E-state index is -0.729. The smallest absolute Gasteiger partial charge is 0.261 e. The van der Waals surface area contributed by atoms with Gasteiger partial charge in [0.15, 0.2) is 6.61 Å². The average Bonchev–Trinajstić information content (AvgIpc) is 2.81. The molecule has 0 saturated heterocycles. The molecule has 0 aliphatic carbocycles. The number of unbranched alkanes of at least 4 members (excludes halogenated alkanes) is 1. The zero-order valence-corrected chi connectivity index (χ0v) is 19.0. The van der Waals surface area contributed by atoms with Crippen molar-refractivity contribution in [3.8, 4) is 17.2 Å². The number of nitrogens with one attached hydrogen (secondary N) is 1. The molecule has 0 aromatic heterocycles. The minimum absolute atomic E-state index is 0.145. The third-order valence-electron chi connectivity index (χ3n) is 4.95. The third kappa shape index (κ3) is 7.44. The Bertz CT molecular complexity index is 866. The molecule has 1 N–H and O–H groups in total. The molecule has 0 fully saturated rings. The fourth-order valence-corrected chi connectivity index (χ4v) is 3.00. The van der Waals surface area contributed by atoms with Gasteiger partial charge in [-0.05, 0) is 31.0 Å². The highest BCUT2D eigenvalue weighted by molar-refractivity contribution is 5.87. The largest absolute Gasteiger partial charge is 0.496 e. The molecule has 0 saturated carbocycles. The van der Waals surface area contributed by atoms with Crippen LogP contribution in [0.15, 0.2) is 42.5 Å². The summed E-state index contributed by atoms with van der Waals surface area (Å²) in [5.74, 6) is 0.451. The van der Waals surface area contributed by atoms with Crippen molar-refractivity contribution < 1.29 is 28.2 Å². The van der Waals surface area contributed by atoms with Gasteiger partial charge in [-0.2, -0.15) is 0 Å². The summed E-state index contributed by atoms with van der Waals surface area (Å²) < 4.78 is 29.4. The number of rotatable bonds is 12. The second kappa shape index (κ2) is 12.5. The maximum absolute atomic E-state index is 13.3. The van der Waals surface area contributed by atoms with Crippen molar-refractivity contribution in [2.45, 2.75) is 39.3 Å². The summed E-state index contributed by atoms with van der Waals surface area (Å²) in [6, 6.07) is 10.1. The van der Waals surface area contributed by atoms with Crippen LogP contribution in [0.1, 0.15) is 32.3 Å². The fraction of sp³-hybridized carbons (Fsp3) is 0.417. The molecule has 0 spiro atoms. The number of carbonyl (C=O) groups excluding carboxylic acids is 2. The summed E-state index contributed by atoms with van der Waals surface area (Å²) in [7, 11) is 3.04. The molecule has 2 amide bonds. The van der Waals surface area contributed by atoms with E-state index in [2.05, 4.69) is 5.32 Å². The van der Waals surface area contributed by atoms with Gasteiger partial charge in [0, 0.05) is 31.3 Å². The zero-order valence-electron chi connectivity index (χ0n) is 19.0. The van der Waals surface area contributed by atoms with Crippen molar-refractivity contribution in [1.82, 2.24) is 10.2 Å². The standard InChI is InChI=1S/C24H31FN2O5/c1-5-6-11-26-24(29)17(2)27(15-18-7-9-19(25)10-8-18)23(28)16-32-22-13-20(30-3)12-21(14-22)31-4/h7-10,12-14,17H,5-6,11,15-16H2,1-4H3,(H,26,29)/t17-/m1/s1. The van der Waals surface area contributed by atoms with Crippen LogP contribution in [0.3, 0.4) is 0 Å². The molecule has 0 aliphatic heterocycles.